The van der Waals surface area contributed by atoms with Crippen LogP contribution in [0.4, 0.5) is 4.79 Å². The van der Waals surface area contributed by atoms with Gasteiger partial charge in [0.15, 0.2) is 0 Å². The Bertz CT molecular complexity index is 895. The Hall–Kier alpha value is -3.33. The molecule has 3 amide bonds. The van der Waals surface area contributed by atoms with E-state index in [4.69, 9.17) is 13.9 Å². The van der Waals surface area contributed by atoms with Gasteiger partial charge in [-0.1, -0.05) is 0 Å². The summed E-state index contributed by atoms with van der Waals surface area (Å²) in [5.41, 5.74) is 1.66. The number of ether oxygens (including phenoxy) is 2. The first-order valence-corrected chi connectivity index (χ1v) is 10.2. The molecular weight excluding hydrogens is 400 g/mol. The lowest BCUT2D eigenvalue weighted by molar-refractivity contribution is -0.134. The van der Waals surface area contributed by atoms with Gasteiger partial charge in [-0.25, -0.2) is 9.80 Å². The molecule has 166 valence electrons. The van der Waals surface area contributed by atoms with E-state index in [1.54, 1.807) is 26.5 Å². The highest BCUT2D eigenvalue weighted by molar-refractivity contribution is 6.03. The number of urea groups is 1. The van der Waals surface area contributed by atoms with Crippen LogP contribution in [0, 0.1) is 0 Å². The number of nitrogens with zero attached hydrogens (tertiary/aromatic N) is 3. The van der Waals surface area contributed by atoms with Crippen LogP contribution in [0.2, 0.25) is 0 Å². The fraction of sp³-hybridized carbons (Fsp3) is 0.409. The molecule has 2 heterocycles. The van der Waals surface area contributed by atoms with Crippen molar-refractivity contribution in [2.75, 3.05) is 40.5 Å². The van der Waals surface area contributed by atoms with Gasteiger partial charge in [-0.05, 0) is 48.9 Å². The molecular formula is C22H28N4O5. The molecule has 1 N–H and O–H groups in total. The second kappa shape index (κ2) is 10.6. The standard InChI is InChI=1S/C22H28N4O5/c1-4-23-22(28)25(11-13-29-2)15-21(27)26-19(20-6-5-12-31-20)14-18(24-26)16-7-9-17(30-3)10-8-16/h5-10,12,19H,4,11,13-15H2,1-3H3,(H,23,28)/t19-/m1/s1. The van der Waals surface area contributed by atoms with Gasteiger partial charge < -0.3 is 24.1 Å². The summed E-state index contributed by atoms with van der Waals surface area (Å²) < 4.78 is 15.9. The van der Waals surface area contributed by atoms with Gasteiger partial charge in [0.2, 0.25) is 0 Å². The van der Waals surface area contributed by atoms with Crippen molar-refractivity contribution in [1.29, 1.82) is 0 Å². The Morgan fingerprint density at radius 3 is 2.65 bits per heavy atom. The second-order valence-corrected chi connectivity index (χ2v) is 7.00. The Labute approximate surface area is 181 Å². The van der Waals surface area contributed by atoms with Gasteiger partial charge >= 0.3 is 6.03 Å². The van der Waals surface area contributed by atoms with Gasteiger partial charge in [0.25, 0.3) is 5.91 Å². The van der Waals surface area contributed by atoms with Crippen molar-refractivity contribution in [3.05, 3.63) is 54.0 Å². The number of benzene rings is 1. The fourth-order valence-corrected chi connectivity index (χ4v) is 3.35. The summed E-state index contributed by atoms with van der Waals surface area (Å²) in [7, 11) is 3.16. The Morgan fingerprint density at radius 1 is 1.26 bits per heavy atom. The van der Waals surface area contributed by atoms with E-state index in [-0.39, 0.29) is 24.5 Å². The average Bonchev–Trinajstić information content (AvgIpc) is 3.46. The van der Waals surface area contributed by atoms with Crippen LogP contribution in [-0.4, -0.2) is 68.0 Å². The minimum absolute atomic E-state index is 0.119. The van der Waals surface area contributed by atoms with Crippen molar-refractivity contribution in [3.8, 4) is 5.75 Å². The number of carbonyl (C=O) groups is 2. The van der Waals surface area contributed by atoms with E-state index >= 15 is 0 Å². The summed E-state index contributed by atoms with van der Waals surface area (Å²) in [4.78, 5) is 27.0. The molecule has 0 spiro atoms. The third-order valence-electron chi connectivity index (χ3n) is 4.97. The summed E-state index contributed by atoms with van der Waals surface area (Å²) >= 11 is 0. The first-order chi connectivity index (χ1) is 15.1. The van der Waals surface area contributed by atoms with Crippen molar-refractivity contribution in [1.82, 2.24) is 15.2 Å². The highest BCUT2D eigenvalue weighted by atomic mass is 16.5. The summed E-state index contributed by atoms with van der Waals surface area (Å²) in [6, 6.07) is 10.4. The van der Waals surface area contributed by atoms with Gasteiger partial charge in [-0.15, -0.1) is 0 Å². The van der Waals surface area contributed by atoms with Gasteiger partial charge in [0.1, 0.15) is 24.1 Å². The highest BCUT2D eigenvalue weighted by Gasteiger charge is 2.35. The second-order valence-electron chi connectivity index (χ2n) is 7.00. The van der Waals surface area contributed by atoms with Crippen molar-refractivity contribution in [2.24, 2.45) is 5.10 Å². The first-order valence-electron chi connectivity index (χ1n) is 10.2. The monoisotopic (exact) mass is 428 g/mol. The van der Waals surface area contributed by atoms with E-state index in [2.05, 4.69) is 10.4 Å². The van der Waals surface area contributed by atoms with Crippen LogP contribution < -0.4 is 10.1 Å². The minimum atomic E-state index is -0.377. The molecule has 3 rings (SSSR count). The number of methoxy groups -OCH3 is 2. The van der Waals surface area contributed by atoms with Crippen LogP contribution in [0.5, 0.6) is 5.75 Å². The maximum absolute atomic E-state index is 13.2. The third-order valence-corrected chi connectivity index (χ3v) is 4.97. The molecule has 1 aromatic heterocycles. The average molecular weight is 428 g/mol. The zero-order chi connectivity index (χ0) is 22.2. The largest absolute Gasteiger partial charge is 0.497 e. The Kier molecular flexibility index (Phi) is 7.66. The highest BCUT2D eigenvalue weighted by Crippen LogP contribution is 2.33. The van der Waals surface area contributed by atoms with E-state index in [1.165, 1.54) is 9.91 Å². The fourth-order valence-electron chi connectivity index (χ4n) is 3.35. The SMILES string of the molecule is CCNC(=O)N(CCOC)CC(=O)N1N=C(c2ccc(OC)cc2)C[C@@H]1c1ccco1. The molecule has 0 fully saturated rings. The molecule has 0 bridgehead atoms. The quantitative estimate of drug-likeness (QED) is 0.662. The zero-order valence-corrected chi connectivity index (χ0v) is 18.0. The maximum atomic E-state index is 13.2. The topological polar surface area (TPSA) is 96.6 Å². The van der Waals surface area contributed by atoms with Gasteiger partial charge in [-0.2, -0.15) is 5.10 Å². The van der Waals surface area contributed by atoms with E-state index in [9.17, 15) is 9.59 Å². The molecule has 0 unspecified atom stereocenters. The normalized spacial score (nSPS) is 15.5. The van der Waals surface area contributed by atoms with Crippen LogP contribution in [0.15, 0.2) is 52.2 Å². The number of hydrazone groups is 1. The van der Waals surface area contributed by atoms with Crippen molar-refractivity contribution < 1.29 is 23.5 Å². The molecule has 0 radical (unpaired) electrons. The van der Waals surface area contributed by atoms with Gasteiger partial charge in [-0.3, -0.25) is 4.79 Å². The maximum Gasteiger partial charge on any atom is 0.317 e. The Balaban J connectivity index is 1.83. The number of furan rings is 1. The third kappa shape index (κ3) is 5.43. The van der Waals surface area contributed by atoms with E-state index in [0.29, 0.717) is 31.9 Å². The molecule has 1 aliphatic rings. The Morgan fingerprint density at radius 2 is 2.03 bits per heavy atom. The van der Waals surface area contributed by atoms with Crippen LogP contribution in [0.1, 0.15) is 30.7 Å². The molecule has 0 saturated heterocycles. The minimum Gasteiger partial charge on any atom is -0.497 e. The lowest BCUT2D eigenvalue weighted by Gasteiger charge is -2.26. The number of nitrogens with one attached hydrogen (secondary N) is 1. The summed E-state index contributed by atoms with van der Waals surface area (Å²) in [5, 5.41) is 8.74. The van der Waals surface area contributed by atoms with Crippen LogP contribution in [0.3, 0.4) is 0 Å². The number of hydrogen-bond donors (Lipinski definition) is 1. The summed E-state index contributed by atoms with van der Waals surface area (Å²) in [5.74, 6) is 1.09. The molecule has 1 atom stereocenters. The summed E-state index contributed by atoms with van der Waals surface area (Å²) in [6.45, 7) is 2.79. The van der Waals surface area contributed by atoms with Crippen molar-refractivity contribution in [3.63, 3.8) is 0 Å². The summed E-state index contributed by atoms with van der Waals surface area (Å²) in [6.07, 6.45) is 2.08. The number of rotatable bonds is 9. The zero-order valence-electron chi connectivity index (χ0n) is 18.0. The van der Waals surface area contributed by atoms with Gasteiger partial charge in [0, 0.05) is 26.6 Å². The number of amides is 3. The van der Waals surface area contributed by atoms with Gasteiger partial charge in [0.05, 0.1) is 25.7 Å². The number of hydrogen-bond acceptors (Lipinski definition) is 6. The van der Waals surface area contributed by atoms with E-state index in [1.807, 2.05) is 37.3 Å². The van der Waals surface area contributed by atoms with Crippen LogP contribution >= 0.6 is 0 Å². The molecule has 9 nitrogen and oxygen atoms in total. The molecule has 1 aromatic carbocycles. The molecule has 0 saturated carbocycles. The molecule has 2 aromatic rings. The van der Waals surface area contributed by atoms with E-state index in [0.717, 1.165) is 17.0 Å². The first kappa shape index (κ1) is 22.4. The van der Waals surface area contributed by atoms with Crippen molar-refractivity contribution >= 4 is 17.6 Å². The van der Waals surface area contributed by atoms with Crippen LogP contribution in [-0.2, 0) is 9.53 Å². The lowest BCUT2D eigenvalue weighted by atomic mass is 10.0. The van der Waals surface area contributed by atoms with Crippen molar-refractivity contribution in [2.45, 2.75) is 19.4 Å². The molecule has 31 heavy (non-hydrogen) atoms. The van der Waals surface area contributed by atoms with Crippen LogP contribution in [0.25, 0.3) is 0 Å². The van der Waals surface area contributed by atoms with E-state index < -0.39 is 0 Å². The number of carbonyl (C=O) groups excluding carboxylic acids is 2. The predicted molar refractivity (Wildman–Crippen MR) is 115 cm³/mol. The molecule has 9 heteroatoms. The molecule has 1 aliphatic heterocycles. The lowest BCUT2D eigenvalue weighted by Crippen LogP contribution is -2.47. The smallest absolute Gasteiger partial charge is 0.317 e. The molecule has 0 aliphatic carbocycles. The predicted octanol–water partition coefficient (Wildman–Crippen LogP) is 2.64.